The number of hydrogen-bond donors (Lipinski definition) is 1. The van der Waals surface area contributed by atoms with E-state index in [9.17, 15) is 48.5 Å². The zero-order chi connectivity index (χ0) is 31.0. The zero-order valence-electron chi connectivity index (χ0n) is 24.5. The second kappa shape index (κ2) is 20.9. The number of methoxy groups -OCH3 is 1. The standard InChI is InChI=1S/C20H30N2O16S3.3Na/c1-3-22(16(24)10-9-13-7-5-4-6-8-13)12-15(23)21-11-14-17(36-39(25,26)27)18(37-40(28,29)30)19(20(34-2)35-14)38-41(31,32)33;;;/h4-8,14,17-20H,3,9-12H2,1-2H3,(H,21,23)(H,25,26,27)(H,28,29,30)(H,31,32,33);;;/q;3*+1/p-3/t14-,17-,18+,19+,20+;;;/m1.../s1. The normalized spacial score (nSPS) is 22.0. The van der Waals surface area contributed by atoms with Gasteiger partial charge < -0.3 is 33.3 Å². The van der Waals surface area contributed by atoms with Crippen LogP contribution in [0.1, 0.15) is 18.9 Å². The minimum atomic E-state index is -5.79. The maximum absolute atomic E-state index is 12.6. The van der Waals surface area contributed by atoms with Crippen LogP contribution in [0.4, 0.5) is 0 Å². The number of hydrogen-bond acceptors (Lipinski definition) is 16. The van der Waals surface area contributed by atoms with E-state index in [1.165, 1.54) is 4.90 Å². The number of likely N-dealkylation sites (N-methyl/N-ethyl adjacent to an activating group) is 1. The summed E-state index contributed by atoms with van der Waals surface area (Å²) in [5.74, 6) is -1.19. The van der Waals surface area contributed by atoms with E-state index in [-0.39, 0.29) is 108 Å². The van der Waals surface area contributed by atoms with Crippen molar-refractivity contribution in [2.45, 2.75) is 50.5 Å². The summed E-state index contributed by atoms with van der Waals surface area (Å²) in [5, 5.41) is 2.26. The van der Waals surface area contributed by atoms with E-state index in [4.69, 9.17) is 9.47 Å². The molecule has 1 aliphatic rings. The van der Waals surface area contributed by atoms with Gasteiger partial charge in [0.15, 0.2) is 12.4 Å². The minimum Gasteiger partial charge on any atom is -0.726 e. The second-order valence-electron chi connectivity index (χ2n) is 8.38. The van der Waals surface area contributed by atoms with E-state index in [1.807, 2.05) is 18.2 Å². The van der Waals surface area contributed by atoms with Crippen LogP contribution in [-0.2, 0) is 69.2 Å². The summed E-state index contributed by atoms with van der Waals surface area (Å²) in [6.07, 6.45) is -10.9. The van der Waals surface area contributed by atoms with Gasteiger partial charge in [-0.15, -0.1) is 0 Å². The van der Waals surface area contributed by atoms with Crippen molar-refractivity contribution < 1.29 is 159 Å². The van der Waals surface area contributed by atoms with Gasteiger partial charge in [-0.2, -0.15) is 0 Å². The van der Waals surface area contributed by atoms with Gasteiger partial charge in [0.1, 0.15) is 18.3 Å². The molecule has 0 bridgehead atoms. The number of amides is 2. The molecule has 24 heteroatoms. The van der Waals surface area contributed by atoms with Gasteiger partial charge in [-0.1, -0.05) is 30.3 Å². The average Bonchev–Trinajstić information content (AvgIpc) is 2.85. The third kappa shape index (κ3) is 17.2. The van der Waals surface area contributed by atoms with Crippen molar-refractivity contribution in [3.8, 4) is 0 Å². The van der Waals surface area contributed by atoms with E-state index in [0.717, 1.165) is 12.7 Å². The zero-order valence-corrected chi connectivity index (χ0v) is 33.0. The molecular weight excluding hydrogens is 689 g/mol. The van der Waals surface area contributed by atoms with Crippen LogP contribution < -0.4 is 94.0 Å². The van der Waals surface area contributed by atoms with Crippen LogP contribution in [0.2, 0.25) is 0 Å². The van der Waals surface area contributed by atoms with Gasteiger partial charge in [0, 0.05) is 26.6 Å². The monoisotopic (exact) mass is 716 g/mol. The Kier molecular flexibility index (Phi) is 22.3. The topological polar surface area (TPSA) is 267 Å². The number of aryl methyl sites for hydroxylation is 1. The maximum atomic E-state index is 12.6. The largest absolute Gasteiger partial charge is 1.00 e. The van der Waals surface area contributed by atoms with Crippen molar-refractivity contribution in [2.75, 3.05) is 26.7 Å². The molecule has 1 saturated heterocycles. The molecule has 0 spiro atoms. The van der Waals surface area contributed by atoms with Gasteiger partial charge in [-0.05, 0) is 18.9 Å². The predicted molar refractivity (Wildman–Crippen MR) is 129 cm³/mol. The fourth-order valence-corrected chi connectivity index (χ4v) is 5.31. The van der Waals surface area contributed by atoms with Crippen molar-refractivity contribution >= 4 is 43.0 Å². The van der Waals surface area contributed by atoms with Crippen LogP contribution in [0.5, 0.6) is 0 Å². The summed E-state index contributed by atoms with van der Waals surface area (Å²) >= 11 is 0. The van der Waals surface area contributed by atoms with Crippen LogP contribution in [-0.4, -0.2) is 113 Å². The first kappa shape index (κ1) is 46.8. The minimum absolute atomic E-state index is 0. The van der Waals surface area contributed by atoms with Crippen molar-refractivity contribution in [2.24, 2.45) is 0 Å². The van der Waals surface area contributed by atoms with Gasteiger partial charge in [0.2, 0.25) is 43.0 Å². The molecule has 1 heterocycles. The smallest absolute Gasteiger partial charge is 0.726 e. The molecule has 0 aromatic heterocycles. The van der Waals surface area contributed by atoms with Gasteiger partial charge in [-0.25, -0.2) is 25.3 Å². The first-order valence-corrected chi connectivity index (χ1v) is 15.6. The SMILES string of the molecule is CCN(CC(=O)NC[C@H]1O[C@H](OC)[C@@H](OS(=O)(=O)[O-])[C@@H](OS(=O)(=O)[O-])[C@@H]1OS(=O)(=O)[O-])C(=O)CCc1ccccc1.[Na+].[Na+].[Na+]. The predicted octanol–water partition coefficient (Wildman–Crippen LogP) is -11.5. The molecule has 1 aromatic rings. The van der Waals surface area contributed by atoms with Crippen LogP contribution in [0.25, 0.3) is 0 Å². The molecule has 1 fully saturated rings. The summed E-state index contributed by atoms with van der Waals surface area (Å²) in [6.45, 7) is 0.488. The number of nitrogens with zero attached hydrogens (tertiary/aromatic N) is 1. The number of carbonyl (C=O) groups is 2. The van der Waals surface area contributed by atoms with Crippen LogP contribution in [0.15, 0.2) is 30.3 Å². The van der Waals surface area contributed by atoms with E-state index in [0.29, 0.717) is 6.42 Å². The molecule has 0 aliphatic carbocycles. The summed E-state index contributed by atoms with van der Waals surface area (Å²) in [6, 6.07) is 9.07. The summed E-state index contributed by atoms with van der Waals surface area (Å²) < 4.78 is 124. The third-order valence-corrected chi connectivity index (χ3v) is 6.92. The van der Waals surface area contributed by atoms with Crippen molar-refractivity contribution in [1.29, 1.82) is 0 Å². The van der Waals surface area contributed by atoms with Crippen LogP contribution >= 0.6 is 0 Å². The molecule has 1 aromatic carbocycles. The average molecular weight is 717 g/mol. The molecule has 0 saturated carbocycles. The van der Waals surface area contributed by atoms with Crippen LogP contribution in [0, 0.1) is 0 Å². The maximum Gasteiger partial charge on any atom is 1.00 e. The van der Waals surface area contributed by atoms with Crippen molar-refractivity contribution in [1.82, 2.24) is 10.2 Å². The van der Waals surface area contributed by atoms with E-state index in [2.05, 4.69) is 17.9 Å². The van der Waals surface area contributed by atoms with Crippen molar-refractivity contribution in [3.05, 3.63) is 35.9 Å². The van der Waals surface area contributed by atoms with E-state index in [1.54, 1.807) is 19.1 Å². The van der Waals surface area contributed by atoms with E-state index >= 15 is 0 Å². The summed E-state index contributed by atoms with van der Waals surface area (Å²) in [7, 11) is -16.3. The molecule has 2 amide bonds. The first-order valence-electron chi connectivity index (χ1n) is 11.6. The summed E-state index contributed by atoms with van der Waals surface area (Å²) in [5.41, 5.74) is 0.895. The molecular formula is C20H27N2Na3O16S3. The first-order chi connectivity index (χ1) is 18.9. The third-order valence-electron chi connectivity index (χ3n) is 5.55. The Labute approximate surface area is 321 Å². The van der Waals surface area contributed by atoms with Gasteiger partial charge in [0.25, 0.3) is 0 Å². The molecule has 1 aliphatic heterocycles. The Morgan fingerprint density at radius 2 is 1.36 bits per heavy atom. The number of benzene rings is 1. The quantitative estimate of drug-likeness (QED) is 0.100. The number of nitrogens with one attached hydrogen (secondary N) is 1. The second-order valence-corrected chi connectivity index (χ2v) is 11.4. The Balaban J connectivity index is 0. The number of ether oxygens (including phenoxy) is 2. The molecule has 0 unspecified atom stereocenters. The molecule has 0 radical (unpaired) electrons. The molecule has 5 atom stereocenters. The Hall–Kier alpha value is 0.690. The number of carbonyl (C=O) groups excluding carboxylic acids is 2. The van der Waals surface area contributed by atoms with E-state index < -0.39 is 80.9 Å². The Bertz CT molecular complexity index is 1370. The molecule has 44 heavy (non-hydrogen) atoms. The Morgan fingerprint density at radius 1 is 0.864 bits per heavy atom. The van der Waals surface area contributed by atoms with Gasteiger partial charge in [-0.3, -0.25) is 22.1 Å². The molecule has 1 N–H and O–H groups in total. The fourth-order valence-electron chi connectivity index (χ4n) is 3.84. The van der Waals surface area contributed by atoms with Crippen molar-refractivity contribution in [3.63, 3.8) is 0 Å². The van der Waals surface area contributed by atoms with Gasteiger partial charge in [0.05, 0.1) is 6.54 Å². The number of rotatable bonds is 15. The molecule has 234 valence electrons. The molecule has 2 rings (SSSR count). The Morgan fingerprint density at radius 3 is 1.84 bits per heavy atom. The molecule has 18 nitrogen and oxygen atoms in total. The summed E-state index contributed by atoms with van der Waals surface area (Å²) in [4.78, 5) is 26.4. The van der Waals surface area contributed by atoms with Crippen LogP contribution in [0.3, 0.4) is 0 Å². The fraction of sp³-hybridized carbons (Fsp3) is 0.600. The van der Waals surface area contributed by atoms with Gasteiger partial charge >= 0.3 is 88.7 Å².